The minimum atomic E-state index is -0.556. The van der Waals surface area contributed by atoms with E-state index in [4.69, 9.17) is 63.0 Å². The van der Waals surface area contributed by atoms with Crippen LogP contribution in [0.4, 0.5) is 5.69 Å². The molecule has 0 atom stereocenters. The van der Waals surface area contributed by atoms with Gasteiger partial charge in [0.05, 0.1) is 20.1 Å². The molecular weight excluding hydrogens is 466 g/mol. The Morgan fingerprint density at radius 1 is 0.929 bits per heavy atom. The van der Waals surface area contributed by atoms with Crippen molar-refractivity contribution in [3.05, 3.63) is 68.3 Å². The minimum absolute atomic E-state index is 0.00434. The molecule has 0 aliphatic heterocycles. The molecule has 144 valence electrons. The molecule has 0 bridgehead atoms. The molecule has 1 amide bonds. The zero-order valence-electron chi connectivity index (χ0n) is 13.7. The summed E-state index contributed by atoms with van der Waals surface area (Å²) in [5.41, 5.74) is 1.07. The molecular formula is C18H10Cl4N2O3S. The molecule has 10 heteroatoms. The number of carbonyl (C=O) groups excluding carboxylic acids is 1. The Bertz CT molecular complexity index is 1060. The summed E-state index contributed by atoms with van der Waals surface area (Å²) in [6, 6.07) is 10.9. The zero-order valence-corrected chi connectivity index (χ0v) is 17.6. The lowest BCUT2D eigenvalue weighted by molar-refractivity contribution is 0.0951. The molecule has 0 spiro atoms. The summed E-state index contributed by atoms with van der Waals surface area (Å²) in [5.74, 6) is -0.305. The van der Waals surface area contributed by atoms with Crippen molar-refractivity contribution in [1.82, 2.24) is 5.32 Å². The lowest BCUT2D eigenvalue weighted by atomic mass is 10.2. The van der Waals surface area contributed by atoms with Crippen LogP contribution in [0.3, 0.4) is 0 Å². The number of thiocarbonyl (C=S) groups is 1. The van der Waals surface area contributed by atoms with Crippen LogP contribution in [0.15, 0.2) is 46.9 Å². The van der Waals surface area contributed by atoms with Gasteiger partial charge in [-0.2, -0.15) is 0 Å². The summed E-state index contributed by atoms with van der Waals surface area (Å²) in [6.45, 7) is 0. The summed E-state index contributed by atoms with van der Waals surface area (Å²) in [4.78, 5) is 12.3. The zero-order chi connectivity index (χ0) is 20.4. The summed E-state index contributed by atoms with van der Waals surface area (Å²) >= 11 is 28.7. The van der Waals surface area contributed by atoms with E-state index in [9.17, 15) is 9.90 Å². The first-order chi connectivity index (χ1) is 13.2. The lowest BCUT2D eigenvalue weighted by Gasteiger charge is -2.10. The van der Waals surface area contributed by atoms with E-state index in [0.29, 0.717) is 27.1 Å². The van der Waals surface area contributed by atoms with Crippen LogP contribution in [0.5, 0.6) is 5.75 Å². The maximum absolute atomic E-state index is 12.3. The molecule has 0 fully saturated rings. The van der Waals surface area contributed by atoms with Crippen molar-refractivity contribution in [2.45, 2.75) is 0 Å². The SMILES string of the molecule is O=C(NC(=S)Nc1cc(Cl)c(O)c(Cl)c1)c1ccc(-c2ccc(Cl)c(Cl)c2)o1. The van der Waals surface area contributed by atoms with Crippen LogP contribution >= 0.6 is 58.6 Å². The van der Waals surface area contributed by atoms with Crippen molar-refractivity contribution in [2.75, 3.05) is 5.32 Å². The Morgan fingerprint density at radius 3 is 2.25 bits per heavy atom. The average Bonchev–Trinajstić information content (AvgIpc) is 3.12. The van der Waals surface area contributed by atoms with Gasteiger partial charge in [0.25, 0.3) is 5.91 Å². The van der Waals surface area contributed by atoms with Gasteiger partial charge >= 0.3 is 0 Å². The van der Waals surface area contributed by atoms with Crippen LogP contribution in [-0.2, 0) is 0 Å². The number of carbonyl (C=O) groups is 1. The fraction of sp³-hybridized carbons (Fsp3) is 0. The molecule has 0 aliphatic carbocycles. The van der Waals surface area contributed by atoms with Gasteiger partial charge in [0.2, 0.25) is 0 Å². The maximum atomic E-state index is 12.3. The number of aromatic hydroxyl groups is 1. The van der Waals surface area contributed by atoms with Gasteiger partial charge in [-0.25, -0.2) is 0 Å². The number of amides is 1. The highest BCUT2D eigenvalue weighted by atomic mass is 35.5. The van der Waals surface area contributed by atoms with Crippen LogP contribution in [0, 0.1) is 0 Å². The second kappa shape index (κ2) is 8.59. The first-order valence-corrected chi connectivity index (χ1v) is 9.52. The molecule has 0 unspecified atom stereocenters. The summed E-state index contributed by atoms with van der Waals surface area (Å²) in [6.07, 6.45) is 0. The summed E-state index contributed by atoms with van der Waals surface area (Å²) in [5, 5.41) is 15.7. The number of nitrogens with one attached hydrogen (secondary N) is 2. The first-order valence-electron chi connectivity index (χ1n) is 7.60. The van der Waals surface area contributed by atoms with Gasteiger partial charge in [0.1, 0.15) is 5.76 Å². The van der Waals surface area contributed by atoms with Crippen molar-refractivity contribution in [3.8, 4) is 17.1 Å². The Morgan fingerprint density at radius 2 is 1.61 bits per heavy atom. The van der Waals surface area contributed by atoms with E-state index >= 15 is 0 Å². The van der Waals surface area contributed by atoms with Gasteiger partial charge in [-0.15, -0.1) is 0 Å². The number of benzene rings is 2. The topological polar surface area (TPSA) is 74.5 Å². The minimum Gasteiger partial charge on any atom is -0.505 e. The predicted octanol–water partition coefficient (Wildman–Crippen LogP) is 6.39. The highest BCUT2D eigenvalue weighted by Gasteiger charge is 2.15. The van der Waals surface area contributed by atoms with E-state index in [2.05, 4.69) is 10.6 Å². The second-order valence-electron chi connectivity index (χ2n) is 5.49. The molecule has 1 aromatic heterocycles. The van der Waals surface area contributed by atoms with E-state index in [0.717, 1.165) is 0 Å². The quantitative estimate of drug-likeness (QED) is 0.302. The van der Waals surface area contributed by atoms with Crippen molar-refractivity contribution in [2.24, 2.45) is 0 Å². The monoisotopic (exact) mass is 474 g/mol. The van der Waals surface area contributed by atoms with Crippen LogP contribution < -0.4 is 10.6 Å². The largest absolute Gasteiger partial charge is 0.505 e. The molecule has 28 heavy (non-hydrogen) atoms. The normalized spacial score (nSPS) is 10.6. The Balaban J connectivity index is 1.69. The number of halogens is 4. The maximum Gasteiger partial charge on any atom is 0.293 e. The Labute approximate surface area is 185 Å². The van der Waals surface area contributed by atoms with Crippen molar-refractivity contribution in [1.29, 1.82) is 0 Å². The van der Waals surface area contributed by atoms with Gasteiger partial charge in [-0.3, -0.25) is 10.1 Å². The fourth-order valence-corrected chi connectivity index (χ4v) is 3.22. The Hall–Kier alpha value is -1.96. The van der Waals surface area contributed by atoms with Gasteiger partial charge in [-0.1, -0.05) is 46.4 Å². The molecule has 3 rings (SSSR count). The number of furan rings is 1. The van der Waals surface area contributed by atoms with Crippen LogP contribution in [0.1, 0.15) is 10.6 Å². The fourth-order valence-electron chi connectivity index (χ4n) is 2.23. The van der Waals surface area contributed by atoms with Crippen molar-refractivity contribution < 1.29 is 14.3 Å². The second-order valence-corrected chi connectivity index (χ2v) is 7.53. The first kappa shape index (κ1) is 20.8. The van der Waals surface area contributed by atoms with Crippen LogP contribution in [0.25, 0.3) is 11.3 Å². The van der Waals surface area contributed by atoms with E-state index in [-0.39, 0.29) is 26.7 Å². The van der Waals surface area contributed by atoms with Crippen molar-refractivity contribution >= 4 is 75.3 Å². The highest BCUT2D eigenvalue weighted by Crippen LogP contribution is 2.34. The number of anilines is 1. The molecule has 3 N–H and O–H groups in total. The molecule has 1 heterocycles. The number of hydrogen-bond donors (Lipinski definition) is 3. The number of phenols is 1. The third kappa shape index (κ3) is 4.71. The lowest BCUT2D eigenvalue weighted by Crippen LogP contribution is -2.33. The van der Waals surface area contributed by atoms with Crippen LogP contribution in [0.2, 0.25) is 20.1 Å². The summed E-state index contributed by atoms with van der Waals surface area (Å²) < 4.78 is 5.55. The number of hydrogen-bond acceptors (Lipinski definition) is 4. The van der Waals surface area contributed by atoms with Gasteiger partial charge in [0.15, 0.2) is 16.6 Å². The smallest absolute Gasteiger partial charge is 0.293 e. The third-order valence-corrected chi connectivity index (χ3v) is 5.06. The number of rotatable bonds is 3. The number of phenolic OH excluding ortho intramolecular Hbond substituents is 1. The molecule has 5 nitrogen and oxygen atoms in total. The molecule has 0 saturated carbocycles. The molecule has 2 aromatic carbocycles. The summed E-state index contributed by atoms with van der Waals surface area (Å²) in [7, 11) is 0. The average molecular weight is 476 g/mol. The highest BCUT2D eigenvalue weighted by molar-refractivity contribution is 7.80. The van der Waals surface area contributed by atoms with E-state index in [1.807, 2.05) is 0 Å². The van der Waals surface area contributed by atoms with Crippen molar-refractivity contribution in [3.63, 3.8) is 0 Å². The predicted molar refractivity (Wildman–Crippen MR) is 116 cm³/mol. The molecule has 0 aliphatic rings. The van der Waals surface area contributed by atoms with Gasteiger partial charge in [-0.05, 0) is 54.7 Å². The molecule has 0 saturated heterocycles. The van der Waals surface area contributed by atoms with Crippen LogP contribution in [-0.4, -0.2) is 16.1 Å². The van der Waals surface area contributed by atoms with Gasteiger partial charge in [0, 0.05) is 11.3 Å². The van der Waals surface area contributed by atoms with E-state index in [1.165, 1.54) is 18.2 Å². The van der Waals surface area contributed by atoms with E-state index < -0.39 is 5.91 Å². The van der Waals surface area contributed by atoms with Gasteiger partial charge < -0.3 is 14.8 Å². The molecule has 0 radical (unpaired) electrons. The molecule has 3 aromatic rings. The van der Waals surface area contributed by atoms with E-state index in [1.54, 1.807) is 24.3 Å². The Kier molecular flexibility index (Phi) is 6.37. The standard InChI is InChI=1S/C18H10Cl4N2O3S/c19-10-2-1-8(5-11(10)20)14-3-4-15(27-14)17(26)24-18(28)23-9-6-12(21)16(25)13(22)7-9/h1-7,25H,(H2,23,24,26,28). The third-order valence-electron chi connectivity index (χ3n) is 3.54.